The Balaban J connectivity index is 2.31. The number of benzene rings is 1. The second-order valence-electron chi connectivity index (χ2n) is 4.30. The number of rotatable bonds is 3. The van der Waals surface area contributed by atoms with Crippen molar-refractivity contribution >= 4 is 15.9 Å². The summed E-state index contributed by atoms with van der Waals surface area (Å²) in [7, 11) is 0. The van der Waals surface area contributed by atoms with Crippen molar-refractivity contribution in [2.45, 2.75) is 12.5 Å². The molecule has 1 atom stereocenters. The highest BCUT2D eigenvalue weighted by Crippen LogP contribution is 2.32. The number of piperazine rings is 1. The Bertz CT molecular complexity index is 432. The highest BCUT2D eigenvalue weighted by atomic mass is 79.9. The van der Waals surface area contributed by atoms with Gasteiger partial charge in [0.1, 0.15) is 5.82 Å². The number of nitrogens with one attached hydrogen (secondary N) is 1. The van der Waals surface area contributed by atoms with Gasteiger partial charge in [-0.1, -0.05) is 22.0 Å². The van der Waals surface area contributed by atoms with Crippen LogP contribution in [0.25, 0.3) is 0 Å². The van der Waals surface area contributed by atoms with Crippen LogP contribution in [0.2, 0.25) is 0 Å². The molecule has 1 aliphatic heterocycles. The molecule has 18 heavy (non-hydrogen) atoms. The van der Waals surface area contributed by atoms with E-state index in [1.807, 2.05) is 6.07 Å². The third-order valence-corrected chi connectivity index (χ3v) is 3.90. The molecule has 0 unspecified atom stereocenters. The Morgan fingerprint density at radius 1 is 1.44 bits per heavy atom. The van der Waals surface area contributed by atoms with Gasteiger partial charge in [0.05, 0.1) is 18.5 Å². The minimum absolute atomic E-state index is 0.173. The maximum absolute atomic E-state index is 14.0. The largest absolute Gasteiger partial charge is 0.314 e. The van der Waals surface area contributed by atoms with E-state index in [9.17, 15) is 4.39 Å². The van der Waals surface area contributed by atoms with Gasteiger partial charge < -0.3 is 5.32 Å². The highest BCUT2D eigenvalue weighted by Gasteiger charge is 2.26. The van der Waals surface area contributed by atoms with Crippen LogP contribution in [0.4, 0.5) is 4.39 Å². The van der Waals surface area contributed by atoms with Gasteiger partial charge in [0.25, 0.3) is 0 Å². The molecule has 96 valence electrons. The summed E-state index contributed by atoms with van der Waals surface area (Å²) in [5, 5.41) is 12.2. The van der Waals surface area contributed by atoms with E-state index >= 15 is 0 Å². The van der Waals surface area contributed by atoms with Crippen LogP contribution in [0, 0.1) is 17.1 Å². The maximum atomic E-state index is 14.0. The highest BCUT2D eigenvalue weighted by molar-refractivity contribution is 9.10. The topological polar surface area (TPSA) is 39.1 Å². The fourth-order valence-corrected chi connectivity index (χ4v) is 2.93. The number of nitriles is 1. The Morgan fingerprint density at radius 2 is 2.17 bits per heavy atom. The van der Waals surface area contributed by atoms with Gasteiger partial charge in [-0.2, -0.15) is 5.26 Å². The van der Waals surface area contributed by atoms with E-state index < -0.39 is 0 Å². The Morgan fingerprint density at radius 3 is 2.78 bits per heavy atom. The van der Waals surface area contributed by atoms with Gasteiger partial charge in [0.2, 0.25) is 0 Å². The summed E-state index contributed by atoms with van der Waals surface area (Å²) in [5.74, 6) is -0.247. The number of halogens is 2. The van der Waals surface area contributed by atoms with E-state index in [0.717, 1.165) is 30.7 Å². The van der Waals surface area contributed by atoms with Gasteiger partial charge >= 0.3 is 0 Å². The second-order valence-corrected chi connectivity index (χ2v) is 5.15. The van der Waals surface area contributed by atoms with Crippen molar-refractivity contribution in [2.75, 3.05) is 26.2 Å². The van der Waals surface area contributed by atoms with E-state index in [1.54, 1.807) is 6.07 Å². The van der Waals surface area contributed by atoms with Crippen molar-refractivity contribution in [1.82, 2.24) is 10.2 Å². The molecule has 5 heteroatoms. The molecule has 0 radical (unpaired) electrons. The molecule has 1 aromatic carbocycles. The summed E-state index contributed by atoms with van der Waals surface area (Å²) >= 11 is 3.39. The molecule has 0 amide bonds. The Labute approximate surface area is 115 Å². The number of hydrogen-bond donors (Lipinski definition) is 1. The average molecular weight is 312 g/mol. The van der Waals surface area contributed by atoms with Crippen LogP contribution in [0.1, 0.15) is 18.0 Å². The molecule has 2 rings (SSSR count). The lowest BCUT2D eigenvalue weighted by molar-refractivity contribution is 0.172. The molecule has 1 saturated heterocycles. The fourth-order valence-electron chi connectivity index (χ4n) is 2.32. The minimum atomic E-state index is -0.247. The van der Waals surface area contributed by atoms with Crippen LogP contribution in [-0.4, -0.2) is 31.1 Å². The fraction of sp³-hybridized carbons (Fsp3) is 0.462. The van der Waals surface area contributed by atoms with E-state index in [-0.39, 0.29) is 11.9 Å². The molecular formula is C13H15BrFN3. The standard InChI is InChI=1S/C13H15BrFN3/c14-10-2-1-3-11(15)13(10)12(4-5-16)18-8-6-17-7-9-18/h1-3,12,17H,4,6-9H2/t12-/m1/s1. The van der Waals surface area contributed by atoms with Crippen molar-refractivity contribution in [2.24, 2.45) is 0 Å². The molecular weight excluding hydrogens is 297 g/mol. The van der Waals surface area contributed by atoms with Crippen LogP contribution >= 0.6 is 15.9 Å². The third kappa shape index (κ3) is 2.89. The minimum Gasteiger partial charge on any atom is -0.314 e. The molecule has 0 spiro atoms. The molecule has 3 nitrogen and oxygen atoms in total. The van der Waals surface area contributed by atoms with Gasteiger partial charge in [-0.05, 0) is 12.1 Å². The second kappa shape index (κ2) is 6.28. The molecule has 0 bridgehead atoms. The molecule has 0 aromatic heterocycles. The first-order valence-corrected chi connectivity index (χ1v) is 6.79. The lowest BCUT2D eigenvalue weighted by Gasteiger charge is -2.34. The first-order chi connectivity index (χ1) is 8.74. The number of nitrogens with zero attached hydrogens (tertiary/aromatic N) is 2. The summed E-state index contributed by atoms with van der Waals surface area (Å²) in [6.45, 7) is 3.45. The zero-order chi connectivity index (χ0) is 13.0. The van der Waals surface area contributed by atoms with Crippen LogP contribution in [0.3, 0.4) is 0 Å². The summed E-state index contributed by atoms with van der Waals surface area (Å²) in [6.07, 6.45) is 0.305. The quantitative estimate of drug-likeness (QED) is 0.932. The van der Waals surface area contributed by atoms with Crippen molar-refractivity contribution in [3.63, 3.8) is 0 Å². The predicted octanol–water partition coefficient (Wildman–Crippen LogP) is 2.45. The molecule has 1 aliphatic rings. The summed E-state index contributed by atoms with van der Waals surface area (Å²) in [4.78, 5) is 2.17. The number of hydrogen-bond acceptors (Lipinski definition) is 3. The molecule has 0 saturated carbocycles. The monoisotopic (exact) mass is 311 g/mol. The van der Waals surface area contributed by atoms with E-state index in [0.29, 0.717) is 12.0 Å². The molecule has 1 heterocycles. The van der Waals surface area contributed by atoms with Gasteiger partial charge in [-0.15, -0.1) is 0 Å². The molecule has 1 fully saturated rings. The first-order valence-electron chi connectivity index (χ1n) is 5.99. The molecule has 1 N–H and O–H groups in total. The van der Waals surface area contributed by atoms with Gasteiger partial charge in [0, 0.05) is 36.2 Å². The summed E-state index contributed by atoms with van der Waals surface area (Å²) in [6, 6.07) is 6.94. The normalized spacial score (nSPS) is 18.3. The lowest BCUT2D eigenvalue weighted by Crippen LogP contribution is -2.45. The van der Waals surface area contributed by atoms with Crippen molar-refractivity contribution in [3.05, 3.63) is 34.1 Å². The zero-order valence-electron chi connectivity index (χ0n) is 10.00. The zero-order valence-corrected chi connectivity index (χ0v) is 11.6. The predicted molar refractivity (Wildman–Crippen MR) is 71.5 cm³/mol. The van der Waals surface area contributed by atoms with E-state index in [4.69, 9.17) is 5.26 Å². The SMILES string of the molecule is N#CC[C@H](c1c(F)cccc1Br)N1CCNCC1. The van der Waals surface area contributed by atoms with Gasteiger partial charge in [0.15, 0.2) is 0 Å². The van der Waals surface area contributed by atoms with Crippen LogP contribution in [-0.2, 0) is 0 Å². The van der Waals surface area contributed by atoms with Crippen LogP contribution < -0.4 is 5.32 Å². The summed E-state index contributed by atoms with van der Waals surface area (Å²) in [5.41, 5.74) is 0.598. The molecule has 1 aromatic rings. The van der Waals surface area contributed by atoms with Gasteiger partial charge in [-0.25, -0.2) is 4.39 Å². The first kappa shape index (κ1) is 13.5. The van der Waals surface area contributed by atoms with E-state index in [1.165, 1.54) is 6.07 Å². The molecule has 0 aliphatic carbocycles. The van der Waals surface area contributed by atoms with E-state index in [2.05, 4.69) is 32.2 Å². The summed E-state index contributed by atoms with van der Waals surface area (Å²) < 4.78 is 14.7. The Kier molecular flexibility index (Phi) is 4.70. The smallest absolute Gasteiger partial charge is 0.129 e. The average Bonchev–Trinajstić information content (AvgIpc) is 2.38. The van der Waals surface area contributed by atoms with Crippen molar-refractivity contribution < 1.29 is 4.39 Å². The maximum Gasteiger partial charge on any atom is 0.129 e. The van der Waals surface area contributed by atoms with Crippen molar-refractivity contribution in [1.29, 1.82) is 5.26 Å². The third-order valence-electron chi connectivity index (χ3n) is 3.21. The Hall–Kier alpha value is -0.960. The van der Waals surface area contributed by atoms with Crippen LogP contribution in [0.5, 0.6) is 0 Å². The van der Waals surface area contributed by atoms with Gasteiger partial charge in [-0.3, -0.25) is 4.90 Å². The lowest BCUT2D eigenvalue weighted by atomic mass is 10.0. The van der Waals surface area contributed by atoms with Crippen LogP contribution in [0.15, 0.2) is 22.7 Å². The van der Waals surface area contributed by atoms with Crippen molar-refractivity contribution in [3.8, 4) is 6.07 Å².